The Labute approximate surface area is 255 Å². The van der Waals surface area contributed by atoms with E-state index in [4.69, 9.17) is 32.8 Å². The van der Waals surface area contributed by atoms with E-state index < -0.39 is 5.60 Å². The fourth-order valence-electron chi connectivity index (χ4n) is 8.90. The number of piperidine rings is 1. The maximum atomic E-state index is 11.3. The number of likely N-dealkylation sites (tertiary alicyclic amines) is 1. The summed E-state index contributed by atoms with van der Waals surface area (Å²) in [5, 5.41) is 16.9. The van der Waals surface area contributed by atoms with Gasteiger partial charge in [-0.05, 0) is 111 Å². The molecule has 0 amide bonds. The summed E-state index contributed by atoms with van der Waals surface area (Å²) in [6.07, 6.45) is 10.6. The number of ether oxygens (including phenoxy) is 1. The Bertz CT molecular complexity index is 1180. The molecule has 4 saturated carbocycles. The van der Waals surface area contributed by atoms with Crippen molar-refractivity contribution in [2.24, 2.45) is 28.3 Å². The summed E-state index contributed by atoms with van der Waals surface area (Å²) in [5.41, 5.74) is 2.59. The molecule has 4 aliphatic carbocycles. The Morgan fingerprint density at radius 1 is 0.976 bits per heavy atom. The highest BCUT2D eigenvalue weighted by atomic mass is 35.5. The SMILES string of the molecule is CO/N=C(\COCC12CC3CC(CC(C3)C1)C2)C(CCN1CCC(O)(c2ccccc2)CC1)c1ccc(Cl)c(Cl)c1. The molecule has 1 N–H and O–H groups in total. The minimum absolute atomic E-state index is 0.00369. The van der Waals surface area contributed by atoms with E-state index in [2.05, 4.69) is 10.1 Å². The molecule has 1 aliphatic heterocycles. The van der Waals surface area contributed by atoms with Gasteiger partial charge in [-0.3, -0.25) is 0 Å². The van der Waals surface area contributed by atoms with Crippen LogP contribution in [0.2, 0.25) is 10.0 Å². The van der Waals surface area contributed by atoms with Crippen molar-refractivity contribution in [2.75, 3.05) is 40.0 Å². The third-order valence-electron chi connectivity index (χ3n) is 10.5. The number of oxime groups is 1. The summed E-state index contributed by atoms with van der Waals surface area (Å²) in [7, 11) is 1.61. The molecule has 2 aromatic carbocycles. The zero-order chi connectivity index (χ0) is 28.5. The fourth-order valence-corrected chi connectivity index (χ4v) is 9.20. The highest BCUT2D eigenvalue weighted by Crippen LogP contribution is 2.60. The van der Waals surface area contributed by atoms with Crippen LogP contribution < -0.4 is 0 Å². The molecule has 7 heteroatoms. The first-order chi connectivity index (χ1) is 19.8. The standard InChI is InChI=1S/C34H44Cl2N2O3/c1-40-37-32(22-41-23-33-19-24-15-25(20-33)17-26(16-24)21-33)29(27-7-8-30(35)31(36)18-27)9-12-38-13-10-34(39,11-14-38)28-5-3-2-4-6-28/h2-8,18,24-26,29,39H,9-17,19-23H2,1H3/b37-32+. The topological polar surface area (TPSA) is 54.3 Å². The Kier molecular flexibility index (Phi) is 9.00. The molecule has 0 spiro atoms. The van der Waals surface area contributed by atoms with Crippen LogP contribution in [0.5, 0.6) is 0 Å². The fraction of sp³-hybridized carbons (Fsp3) is 0.618. The lowest BCUT2D eigenvalue weighted by atomic mass is 9.50. The van der Waals surface area contributed by atoms with E-state index in [9.17, 15) is 5.11 Å². The number of benzene rings is 2. The molecule has 1 atom stereocenters. The molecule has 0 aromatic heterocycles. The maximum Gasteiger partial charge on any atom is 0.106 e. The number of hydrogen-bond acceptors (Lipinski definition) is 5. The second kappa shape index (κ2) is 12.5. The van der Waals surface area contributed by atoms with Gasteiger partial charge in [-0.1, -0.05) is 64.8 Å². The summed E-state index contributed by atoms with van der Waals surface area (Å²) in [5.74, 6) is 2.72. The van der Waals surface area contributed by atoms with Crippen molar-refractivity contribution in [3.8, 4) is 0 Å². The van der Waals surface area contributed by atoms with Crippen LogP contribution in [0.4, 0.5) is 0 Å². The summed E-state index contributed by atoms with van der Waals surface area (Å²) in [6, 6.07) is 16.0. The molecule has 1 unspecified atom stereocenters. The van der Waals surface area contributed by atoms with Crippen molar-refractivity contribution in [3.63, 3.8) is 0 Å². The first kappa shape index (κ1) is 29.4. The monoisotopic (exact) mass is 598 g/mol. The predicted octanol–water partition coefficient (Wildman–Crippen LogP) is 7.69. The van der Waals surface area contributed by atoms with E-state index in [0.717, 1.165) is 80.1 Å². The van der Waals surface area contributed by atoms with E-state index in [-0.39, 0.29) is 5.92 Å². The highest BCUT2D eigenvalue weighted by Gasteiger charge is 2.51. The number of hydrogen-bond donors (Lipinski definition) is 1. The van der Waals surface area contributed by atoms with E-state index in [1.165, 1.54) is 38.5 Å². The van der Waals surface area contributed by atoms with Gasteiger partial charge in [0.15, 0.2) is 0 Å². The molecule has 5 nitrogen and oxygen atoms in total. The Morgan fingerprint density at radius 3 is 2.24 bits per heavy atom. The van der Waals surface area contributed by atoms with Crippen LogP contribution in [-0.4, -0.2) is 55.7 Å². The minimum atomic E-state index is -0.755. The average molecular weight is 600 g/mol. The van der Waals surface area contributed by atoms with Gasteiger partial charge in [0.05, 0.1) is 34.6 Å². The van der Waals surface area contributed by atoms with Crippen LogP contribution in [-0.2, 0) is 15.2 Å². The van der Waals surface area contributed by atoms with Crippen LogP contribution in [0.1, 0.15) is 74.8 Å². The van der Waals surface area contributed by atoms with Crippen LogP contribution >= 0.6 is 23.2 Å². The molecule has 4 bridgehead atoms. The summed E-state index contributed by atoms with van der Waals surface area (Å²) >= 11 is 12.8. The Hall–Kier alpha value is -1.63. The van der Waals surface area contributed by atoms with Crippen molar-refractivity contribution in [1.29, 1.82) is 0 Å². The average Bonchev–Trinajstić information content (AvgIpc) is 2.95. The third-order valence-corrected chi connectivity index (χ3v) is 11.2. The lowest BCUT2D eigenvalue weighted by molar-refractivity contribution is -0.0918. The van der Waals surface area contributed by atoms with Gasteiger partial charge in [0.1, 0.15) is 7.11 Å². The molecule has 5 fully saturated rings. The van der Waals surface area contributed by atoms with Gasteiger partial charge in [0.2, 0.25) is 0 Å². The zero-order valence-electron chi connectivity index (χ0n) is 24.2. The minimum Gasteiger partial charge on any atom is -0.399 e. The van der Waals surface area contributed by atoms with Gasteiger partial charge in [0.25, 0.3) is 0 Å². The quantitative estimate of drug-likeness (QED) is 0.213. The van der Waals surface area contributed by atoms with Crippen LogP contribution in [0.15, 0.2) is 53.7 Å². The van der Waals surface area contributed by atoms with E-state index in [1.54, 1.807) is 7.11 Å². The molecule has 1 heterocycles. The number of rotatable bonds is 11. The molecule has 5 aliphatic rings. The summed E-state index contributed by atoms with van der Waals surface area (Å²) in [6.45, 7) is 3.84. The van der Waals surface area contributed by atoms with Crippen LogP contribution in [0.3, 0.4) is 0 Å². The van der Waals surface area contributed by atoms with Gasteiger partial charge >= 0.3 is 0 Å². The molecular weight excluding hydrogens is 555 g/mol. The van der Waals surface area contributed by atoms with Gasteiger partial charge in [-0.15, -0.1) is 0 Å². The van der Waals surface area contributed by atoms with E-state index >= 15 is 0 Å². The van der Waals surface area contributed by atoms with Gasteiger partial charge < -0.3 is 19.6 Å². The lowest BCUT2D eigenvalue weighted by Gasteiger charge is -2.56. The normalized spacial score (nSPS) is 30.0. The number of halogens is 2. The number of nitrogens with zero attached hydrogens (tertiary/aromatic N) is 2. The van der Waals surface area contributed by atoms with Crippen molar-refractivity contribution in [3.05, 3.63) is 69.7 Å². The molecule has 1 saturated heterocycles. The van der Waals surface area contributed by atoms with Gasteiger partial charge in [-0.25, -0.2) is 0 Å². The maximum absolute atomic E-state index is 11.3. The molecule has 7 rings (SSSR count). The van der Waals surface area contributed by atoms with Crippen LogP contribution in [0, 0.1) is 23.2 Å². The van der Waals surface area contributed by atoms with E-state index in [1.807, 2.05) is 48.5 Å². The second-order valence-corrected chi connectivity index (χ2v) is 14.2. The smallest absolute Gasteiger partial charge is 0.106 e. The largest absolute Gasteiger partial charge is 0.399 e. The molecule has 0 radical (unpaired) electrons. The molecule has 222 valence electrons. The Morgan fingerprint density at radius 2 is 1.63 bits per heavy atom. The van der Waals surface area contributed by atoms with Crippen molar-refractivity contribution < 1.29 is 14.7 Å². The lowest BCUT2D eigenvalue weighted by Crippen LogP contribution is -2.48. The van der Waals surface area contributed by atoms with Crippen LogP contribution in [0.25, 0.3) is 0 Å². The highest BCUT2D eigenvalue weighted by molar-refractivity contribution is 6.42. The van der Waals surface area contributed by atoms with E-state index in [0.29, 0.717) is 22.1 Å². The second-order valence-electron chi connectivity index (χ2n) is 13.4. The molecular formula is C34H44Cl2N2O3. The van der Waals surface area contributed by atoms with Crippen molar-refractivity contribution in [1.82, 2.24) is 4.90 Å². The summed E-state index contributed by atoms with van der Waals surface area (Å²) < 4.78 is 6.54. The summed E-state index contributed by atoms with van der Waals surface area (Å²) in [4.78, 5) is 7.82. The van der Waals surface area contributed by atoms with Gasteiger partial charge in [-0.2, -0.15) is 0 Å². The molecule has 2 aromatic rings. The van der Waals surface area contributed by atoms with Crippen molar-refractivity contribution in [2.45, 2.75) is 69.3 Å². The number of aliphatic hydroxyl groups is 1. The van der Waals surface area contributed by atoms with Gasteiger partial charge in [0, 0.05) is 19.0 Å². The molecule has 41 heavy (non-hydrogen) atoms. The van der Waals surface area contributed by atoms with Crippen molar-refractivity contribution >= 4 is 28.9 Å². The first-order valence-corrected chi connectivity index (χ1v) is 16.2. The third kappa shape index (κ3) is 6.65. The Balaban J connectivity index is 1.12. The predicted molar refractivity (Wildman–Crippen MR) is 166 cm³/mol. The first-order valence-electron chi connectivity index (χ1n) is 15.5. The zero-order valence-corrected chi connectivity index (χ0v) is 25.8.